The third-order valence-corrected chi connectivity index (χ3v) is 5.81. The van der Waals surface area contributed by atoms with E-state index in [0.717, 1.165) is 5.56 Å². The van der Waals surface area contributed by atoms with E-state index in [2.05, 4.69) is 0 Å². The Kier molecular flexibility index (Phi) is 9.05. The first-order valence-electron chi connectivity index (χ1n) is 12.0. The third kappa shape index (κ3) is 7.17. The maximum atomic E-state index is 12.8. The van der Waals surface area contributed by atoms with Gasteiger partial charge in [-0.1, -0.05) is 41.9 Å². The molecule has 10 heteroatoms. The minimum atomic E-state index is -0.712. The van der Waals surface area contributed by atoms with Gasteiger partial charge in [-0.05, 0) is 55.0 Å². The lowest BCUT2D eigenvalue weighted by atomic mass is 10.2. The van der Waals surface area contributed by atoms with Crippen molar-refractivity contribution in [3.63, 3.8) is 0 Å². The normalized spacial score (nSPS) is 12.3. The Morgan fingerprint density at radius 1 is 1.03 bits per heavy atom. The van der Waals surface area contributed by atoms with Gasteiger partial charge in [0.2, 0.25) is 0 Å². The molecule has 0 aromatic heterocycles. The van der Waals surface area contributed by atoms with Crippen LogP contribution in [0.2, 0.25) is 5.02 Å². The molecule has 3 aromatic carbocycles. The number of carbonyl (C=O) groups is 3. The fourth-order valence-corrected chi connectivity index (χ4v) is 3.99. The van der Waals surface area contributed by atoms with Crippen molar-refractivity contribution in [3.05, 3.63) is 83.4 Å². The molecule has 0 atom stereocenters. The van der Waals surface area contributed by atoms with Gasteiger partial charge in [0, 0.05) is 11.6 Å². The van der Waals surface area contributed by atoms with Gasteiger partial charge in [-0.3, -0.25) is 14.5 Å². The molecule has 1 heterocycles. The zero-order chi connectivity index (χ0) is 26.9. The summed E-state index contributed by atoms with van der Waals surface area (Å²) in [4.78, 5) is 40.1. The molecule has 2 amide bonds. The Morgan fingerprint density at radius 2 is 1.82 bits per heavy atom. The van der Waals surface area contributed by atoms with Gasteiger partial charge in [-0.25, -0.2) is 4.79 Å². The lowest BCUT2D eigenvalue weighted by Gasteiger charge is -2.29. The first-order valence-corrected chi connectivity index (χ1v) is 12.4. The summed E-state index contributed by atoms with van der Waals surface area (Å²) in [6.07, 6.45) is -0.712. The first kappa shape index (κ1) is 26.8. The van der Waals surface area contributed by atoms with Crippen LogP contribution in [0.25, 0.3) is 0 Å². The van der Waals surface area contributed by atoms with Crippen LogP contribution in [0.15, 0.2) is 72.8 Å². The summed E-state index contributed by atoms with van der Waals surface area (Å²) in [5.41, 5.74) is 1.47. The summed E-state index contributed by atoms with van der Waals surface area (Å²) >= 11 is 5.97. The molecule has 0 saturated heterocycles. The molecule has 9 nitrogen and oxygen atoms in total. The van der Waals surface area contributed by atoms with Crippen LogP contribution in [0, 0.1) is 0 Å². The third-order valence-electron chi connectivity index (χ3n) is 5.57. The van der Waals surface area contributed by atoms with Gasteiger partial charge >= 0.3 is 12.1 Å². The van der Waals surface area contributed by atoms with Crippen molar-refractivity contribution in [1.29, 1.82) is 0 Å². The van der Waals surface area contributed by atoms with E-state index in [0.29, 0.717) is 28.8 Å². The molecular formula is C28H27ClN2O7. The second kappa shape index (κ2) is 12.8. The number of hydrogen-bond donors (Lipinski definition) is 0. The van der Waals surface area contributed by atoms with Crippen molar-refractivity contribution in [3.8, 4) is 17.2 Å². The molecule has 198 valence electrons. The molecule has 0 radical (unpaired) electrons. The van der Waals surface area contributed by atoms with Crippen LogP contribution >= 0.6 is 11.6 Å². The Morgan fingerprint density at radius 3 is 2.58 bits per heavy atom. The summed E-state index contributed by atoms with van der Waals surface area (Å²) in [7, 11) is 0. The Hall–Kier alpha value is -4.24. The fraction of sp³-hybridized carbons (Fsp3) is 0.250. The Balaban J connectivity index is 1.35. The monoisotopic (exact) mass is 538 g/mol. The van der Waals surface area contributed by atoms with Gasteiger partial charge in [0.25, 0.3) is 5.91 Å². The van der Waals surface area contributed by atoms with Crippen LogP contribution in [0.1, 0.15) is 12.5 Å². The first-order chi connectivity index (χ1) is 18.4. The van der Waals surface area contributed by atoms with Gasteiger partial charge in [-0.15, -0.1) is 0 Å². The number of nitrogens with zero attached hydrogens (tertiary/aromatic N) is 2. The number of fused-ring (bicyclic) bond motifs is 1. The largest absolute Gasteiger partial charge is 0.492 e. The molecule has 38 heavy (non-hydrogen) atoms. The zero-order valence-corrected chi connectivity index (χ0v) is 21.6. The van der Waals surface area contributed by atoms with Crippen molar-refractivity contribution in [2.75, 3.05) is 37.8 Å². The highest BCUT2D eigenvalue weighted by Crippen LogP contribution is 2.31. The molecule has 0 N–H and O–H groups in total. The maximum Gasteiger partial charge on any atom is 0.416 e. The summed E-state index contributed by atoms with van der Waals surface area (Å²) in [6.45, 7) is 2.36. The number of rotatable bonds is 10. The van der Waals surface area contributed by atoms with Crippen molar-refractivity contribution in [2.24, 2.45) is 0 Å². The summed E-state index contributed by atoms with van der Waals surface area (Å²) in [6, 6.07) is 20.9. The van der Waals surface area contributed by atoms with Crippen LogP contribution in [0.5, 0.6) is 17.2 Å². The van der Waals surface area contributed by atoms with E-state index in [9.17, 15) is 14.4 Å². The molecule has 1 aliphatic rings. The molecule has 0 unspecified atom stereocenters. The van der Waals surface area contributed by atoms with Gasteiger partial charge in [0.1, 0.15) is 30.4 Å². The number of para-hydroxylation sites is 2. The van der Waals surface area contributed by atoms with Gasteiger partial charge in [0.05, 0.1) is 18.8 Å². The molecule has 0 aliphatic carbocycles. The SMILES string of the molecule is CCOC(=O)CN(Cc1ccc(OCCN2C(=O)COc3ccccc32)cc1)C(=O)Oc1cccc(Cl)c1. The fourth-order valence-electron chi connectivity index (χ4n) is 3.81. The van der Waals surface area contributed by atoms with Gasteiger partial charge in [0.15, 0.2) is 6.61 Å². The molecule has 1 aliphatic heterocycles. The second-order valence-corrected chi connectivity index (χ2v) is 8.72. The molecule has 0 saturated carbocycles. The van der Waals surface area contributed by atoms with E-state index in [1.807, 2.05) is 24.3 Å². The van der Waals surface area contributed by atoms with E-state index >= 15 is 0 Å². The minimum absolute atomic E-state index is 0.00620. The molecule has 0 fully saturated rings. The number of halogens is 1. The summed E-state index contributed by atoms with van der Waals surface area (Å²) in [5.74, 6) is 0.851. The molecular weight excluding hydrogens is 512 g/mol. The Bertz CT molecular complexity index is 1280. The molecule has 3 aromatic rings. The molecule has 0 spiro atoms. The van der Waals surface area contributed by atoms with E-state index < -0.39 is 12.1 Å². The number of anilines is 1. The van der Waals surface area contributed by atoms with Crippen LogP contribution in [-0.4, -0.2) is 55.8 Å². The average molecular weight is 539 g/mol. The second-order valence-electron chi connectivity index (χ2n) is 8.28. The summed E-state index contributed by atoms with van der Waals surface area (Å²) in [5, 5.41) is 0.421. The smallest absolute Gasteiger partial charge is 0.416 e. The topological polar surface area (TPSA) is 94.6 Å². The highest BCUT2D eigenvalue weighted by molar-refractivity contribution is 6.30. The number of ether oxygens (including phenoxy) is 4. The van der Waals surface area contributed by atoms with Crippen molar-refractivity contribution < 1.29 is 33.3 Å². The number of carbonyl (C=O) groups excluding carboxylic acids is 3. The van der Waals surface area contributed by atoms with Crippen LogP contribution in [0.3, 0.4) is 0 Å². The van der Waals surface area contributed by atoms with E-state index in [-0.39, 0.29) is 44.6 Å². The molecule has 0 bridgehead atoms. The standard InChI is InChI=1S/C28H27ClN2O7/c1-2-35-27(33)18-30(28(34)38-23-7-5-6-21(29)16-23)17-20-10-12-22(13-11-20)36-15-14-31-24-8-3-4-9-25(24)37-19-26(31)32/h3-13,16H,2,14-15,17-19H2,1H3. The Labute approximate surface area is 225 Å². The van der Waals surface area contributed by atoms with Crippen molar-refractivity contribution in [1.82, 2.24) is 4.90 Å². The van der Waals surface area contributed by atoms with E-state index in [1.165, 1.54) is 11.0 Å². The predicted molar refractivity (Wildman–Crippen MR) is 141 cm³/mol. The average Bonchev–Trinajstić information content (AvgIpc) is 2.90. The number of hydrogen-bond acceptors (Lipinski definition) is 7. The number of esters is 1. The number of benzene rings is 3. The zero-order valence-electron chi connectivity index (χ0n) is 20.8. The van der Waals surface area contributed by atoms with Crippen LogP contribution in [0.4, 0.5) is 10.5 Å². The van der Waals surface area contributed by atoms with Crippen LogP contribution in [-0.2, 0) is 20.9 Å². The van der Waals surface area contributed by atoms with Crippen molar-refractivity contribution in [2.45, 2.75) is 13.5 Å². The highest BCUT2D eigenvalue weighted by Gasteiger charge is 2.25. The maximum absolute atomic E-state index is 12.8. The van der Waals surface area contributed by atoms with E-state index in [4.69, 9.17) is 30.5 Å². The predicted octanol–water partition coefficient (Wildman–Crippen LogP) is 4.71. The van der Waals surface area contributed by atoms with E-state index in [1.54, 1.807) is 54.3 Å². The molecule has 4 rings (SSSR count). The summed E-state index contributed by atoms with van der Waals surface area (Å²) < 4.78 is 21.7. The quantitative estimate of drug-likeness (QED) is 0.345. The van der Waals surface area contributed by atoms with Crippen molar-refractivity contribution >= 4 is 35.3 Å². The van der Waals surface area contributed by atoms with Gasteiger partial charge in [-0.2, -0.15) is 0 Å². The lowest BCUT2D eigenvalue weighted by Crippen LogP contribution is -2.41. The lowest BCUT2D eigenvalue weighted by molar-refractivity contribution is -0.144. The minimum Gasteiger partial charge on any atom is -0.492 e. The number of amides is 2. The van der Waals surface area contributed by atoms with Gasteiger partial charge < -0.3 is 23.8 Å². The highest BCUT2D eigenvalue weighted by atomic mass is 35.5. The van der Waals surface area contributed by atoms with Crippen LogP contribution < -0.4 is 19.1 Å².